The average Bonchev–Trinajstić information content (AvgIpc) is 2.73. The van der Waals surface area contributed by atoms with Gasteiger partial charge in [-0.15, -0.1) is 12.4 Å². The normalized spacial score (nSPS) is 21.1. The standard InChI is InChI=1S/C14H22N4O.ClH/c1-13(2,3)18-11-10(9-16-18)8-14(17-12(11)19)4-6-15-7-5-14;/h9,15H,4-8H2,1-3H3,(H,17,19);1H. The lowest BCUT2D eigenvalue weighted by Gasteiger charge is -2.41. The summed E-state index contributed by atoms with van der Waals surface area (Å²) in [5.74, 6) is 0.0376. The number of piperidine rings is 1. The van der Waals surface area contributed by atoms with Crippen molar-refractivity contribution in [2.75, 3.05) is 13.1 Å². The maximum absolute atomic E-state index is 12.5. The van der Waals surface area contributed by atoms with E-state index < -0.39 is 0 Å². The highest BCUT2D eigenvalue weighted by Gasteiger charge is 2.41. The second-order valence-corrected chi connectivity index (χ2v) is 6.76. The third kappa shape index (κ3) is 2.44. The van der Waals surface area contributed by atoms with Crippen molar-refractivity contribution in [1.29, 1.82) is 0 Å². The van der Waals surface area contributed by atoms with Crippen LogP contribution in [-0.4, -0.2) is 34.3 Å². The van der Waals surface area contributed by atoms with Gasteiger partial charge >= 0.3 is 0 Å². The van der Waals surface area contributed by atoms with Crippen molar-refractivity contribution >= 4 is 18.3 Å². The van der Waals surface area contributed by atoms with Crippen LogP contribution in [0, 0.1) is 0 Å². The lowest BCUT2D eigenvalue weighted by atomic mass is 9.80. The quantitative estimate of drug-likeness (QED) is 0.762. The molecule has 2 aliphatic heterocycles. The van der Waals surface area contributed by atoms with Gasteiger partial charge in [-0.25, -0.2) is 0 Å². The fraction of sp³-hybridized carbons (Fsp3) is 0.714. The Kier molecular flexibility index (Phi) is 3.86. The number of fused-ring (bicyclic) bond motifs is 1. The van der Waals surface area contributed by atoms with Gasteiger partial charge in [0.2, 0.25) is 0 Å². The Morgan fingerprint density at radius 2 is 1.95 bits per heavy atom. The molecule has 0 atom stereocenters. The summed E-state index contributed by atoms with van der Waals surface area (Å²) in [4.78, 5) is 12.5. The van der Waals surface area contributed by atoms with Crippen LogP contribution in [0.4, 0.5) is 0 Å². The van der Waals surface area contributed by atoms with Gasteiger partial charge in [-0.3, -0.25) is 9.48 Å². The molecule has 1 amide bonds. The number of hydrogen-bond donors (Lipinski definition) is 2. The number of halogens is 1. The highest BCUT2D eigenvalue weighted by molar-refractivity contribution is 5.96. The smallest absolute Gasteiger partial charge is 0.270 e. The molecule has 0 aromatic carbocycles. The number of rotatable bonds is 0. The van der Waals surface area contributed by atoms with Crippen LogP contribution in [0.15, 0.2) is 6.20 Å². The molecule has 20 heavy (non-hydrogen) atoms. The highest BCUT2D eigenvalue weighted by Crippen LogP contribution is 2.31. The minimum atomic E-state index is -0.163. The van der Waals surface area contributed by atoms with Gasteiger partial charge in [-0.05, 0) is 53.1 Å². The number of hydrogen-bond acceptors (Lipinski definition) is 3. The number of nitrogens with zero attached hydrogens (tertiary/aromatic N) is 2. The van der Waals surface area contributed by atoms with Crippen LogP contribution < -0.4 is 10.6 Å². The zero-order chi connectivity index (χ0) is 13.7. The first-order chi connectivity index (χ1) is 8.91. The van der Waals surface area contributed by atoms with Crippen LogP contribution in [-0.2, 0) is 12.0 Å². The van der Waals surface area contributed by atoms with E-state index in [1.807, 2.05) is 10.9 Å². The van der Waals surface area contributed by atoms with Crippen molar-refractivity contribution in [3.63, 3.8) is 0 Å². The first kappa shape index (κ1) is 15.3. The number of carbonyl (C=O) groups is 1. The molecule has 3 rings (SSSR count). The molecule has 0 unspecified atom stereocenters. The summed E-state index contributed by atoms with van der Waals surface area (Å²) in [6, 6.07) is 0. The summed E-state index contributed by atoms with van der Waals surface area (Å²) in [5.41, 5.74) is 1.63. The molecule has 112 valence electrons. The molecule has 1 fully saturated rings. The van der Waals surface area contributed by atoms with Crippen molar-refractivity contribution < 1.29 is 4.79 Å². The molecule has 1 saturated heterocycles. The third-order valence-corrected chi connectivity index (χ3v) is 4.16. The largest absolute Gasteiger partial charge is 0.345 e. The van der Waals surface area contributed by atoms with Crippen LogP contribution >= 0.6 is 12.4 Å². The summed E-state index contributed by atoms with van der Waals surface area (Å²) in [6.07, 6.45) is 4.78. The van der Waals surface area contributed by atoms with E-state index in [0.717, 1.165) is 43.6 Å². The topological polar surface area (TPSA) is 59.0 Å². The molecule has 2 aliphatic rings. The fourth-order valence-corrected chi connectivity index (χ4v) is 3.18. The van der Waals surface area contributed by atoms with E-state index in [4.69, 9.17) is 0 Å². The number of carbonyl (C=O) groups excluding carboxylic acids is 1. The van der Waals surface area contributed by atoms with Gasteiger partial charge in [-0.1, -0.05) is 0 Å². The predicted molar refractivity (Wildman–Crippen MR) is 80.5 cm³/mol. The Hall–Kier alpha value is -1.07. The van der Waals surface area contributed by atoms with Crippen molar-refractivity contribution in [1.82, 2.24) is 20.4 Å². The molecule has 1 aromatic heterocycles. The van der Waals surface area contributed by atoms with Gasteiger partial charge in [-0.2, -0.15) is 5.10 Å². The minimum Gasteiger partial charge on any atom is -0.345 e. The van der Waals surface area contributed by atoms with E-state index in [9.17, 15) is 4.79 Å². The fourth-order valence-electron chi connectivity index (χ4n) is 3.18. The van der Waals surface area contributed by atoms with Crippen LogP contribution in [0.2, 0.25) is 0 Å². The summed E-state index contributed by atoms with van der Waals surface area (Å²) in [6.45, 7) is 8.17. The van der Waals surface area contributed by atoms with Gasteiger partial charge in [0.1, 0.15) is 5.69 Å². The molecule has 1 aromatic rings. The second kappa shape index (κ2) is 5.04. The number of nitrogens with one attached hydrogen (secondary N) is 2. The Balaban J connectivity index is 0.00000147. The highest BCUT2D eigenvalue weighted by atomic mass is 35.5. The zero-order valence-corrected chi connectivity index (χ0v) is 13.1. The lowest BCUT2D eigenvalue weighted by Crippen LogP contribution is -2.58. The van der Waals surface area contributed by atoms with Gasteiger partial charge in [0.25, 0.3) is 5.91 Å². The molecule has 0 saturated carbocycles. The van der Waals surface area contributed by atoms with E-state index >= 15 is 0 Å². The van der Waals surface area contributed by atoms with Crippen LogP contribution in [0.5, 0.6) is 0 Å². The molecule has 6 heteroatoms. The van der Waals surface area contributed by atoms with Crippen LogP contribution in [0.1, 0.15) is 49.7 Å². The average molecular weight is 299 g/mol. The maximum Gasteiger partial charge on any atom is 0.270 e. The Bertz CT molecular complexity index is 512. The van der Waals surface area contributed by atoms with E-state index in [1.54, 1.807) is 0 Å². The molecule has 5 nitrogen and oxygen atoms in total. The Labute approximate surface area is 125 Å². The van der Waals surface area contributed by atoms with Crippen molar-refractivity contribution in [2.45, 2.75) is 51.1 Å². The van der Waals surface area contributed by atoms with Gasteiger partial charge in [0.05, 0.1) is 11.7 Å². The molecule has 3 heterocycles. The van der Waals surface area contributed by atoms with Crippen LogP contribution in [0.3, 0.4) is 0 Å². The molecule has 2 N–H and O–H groups in total. The van der Waals surface area contributed by atoms with Crippen molar-refractivity contribution in [3.8, 4) is 0 Å². The van der Waals surface area contributed by atoms with Gasteiger partial charge < -0.3 is 10.6 Å². The van der Waals surface area contributed by atoms with Crippen molar-refractivity contribution in [3.05, 3.63) is 17.5 Å². The molecule has 1 spiro atoms. The summed E-state index contributed by atoms with van der Waals surface area (Å²) in [7, 11) is 0. The Morgan fingerprint density at radius 1 is 1.30 bits per heavy atom. The zero-order valence-electron chi connectivity index (χ0n) is 12.3. The lowest BCUT2D eigenvalue weighted by molar-refractivity contribution is 0.0830. The summed E-state index contributed by atoms with van der Waals surface area (Å²) >= 11 is 0. The second-order valence-electron chi connectivity index (χ2n) is 6.76. The molecular weight excluding hydrogens is 276 g/mol. The van der Waals surface area contributed by atoms with Gasteiger partial charge in [0.15, 0.2) is 0 Å². The third-order valence-electron chi connectivity index (χ3n) is 4.16. The molecule has 0 radical (unpaired) electrons. The van der Waals surface area contributed by atoms with E-state index in [-0.39, 0.29) is 29.4 Å². The SMILES string of the molecule is CC(C)(C)n1ncc2c1C(=O)NC1(CCNCC1)C2.Cl. The number of amides is 1. The Morgan fingerprint density at radius 3 is 2.55 bits per heavy atom. The van der Waals surface area contributed by atoms with Crippen molar-refractivity contribution in [2.24, 2.45) is 0 Å². The van der Waals surface area contributed by atoms with E-state index in [2.05, 4.69) is 36.5 Å². The minimum absolute atomic E-state index is 0. The van der Waals surface area contributed by atoms with Gasteiger partial charge in [0, 0.05) is 11.1 Å². The first-order valence-corrected chi connectivity index (χ1v) is 7.02. The summed E-state index contributed by atoms with van der Waals surface area (Å²) in [5, 5.41) is 11.0. The number of aromatic nitrogens is 2. The first-order valence-electron chi connectivity index (χ1n) is 7.02. The predicted octanol–water partition coefficient (Wildman–Crippen LogP) is 1.47. The molecular formula is C14H23ClN4O. The van der Waals surface area contributed by atoms with Crippen LogP contribution in [0.25, 0.3) is 0 Å². The molecule has 0 bridgehead atoms. The monoisotopic (exact) mass is 298 g/mol. The molecule has 0 aliphatic carbocycles. The summed E-state index contributed by atoms with van der Waals surface area (Å²) < 4.78 is 1.85. The maximum atomic E-state index is 12.5. The van der Waals surface area contributed by atoms with E-state index in [0.29, 0.717) is 0 Å². The van der Waals surface area contributed by atoms with E-state index in [1.165, 1.54) is 0 Å².